The lowest BCUT2D eigenvalue weighted by atomic mass is 9.88. The van der Waals surface area contributed by atoms with E-state index in [9.17, 15) is 31.1 Å². The zero-order valence-electron chi connectivity index (χ0n) is 16.3. The summed E-state index contributed by atoms with van der Waals surface area (Å²) in [7, 11) is 0. The fourth-order valence-corrected chi connectivity index (χ4v) is 4.01. The Morgan fingerprint density at radius 1 is 1.10 bits per heavy atom. The van der Waals surface area contributed by atoms with Crippen molar-refractivity contribution in [3.63, 3.8) is 0 Å². The maximum atomic E-state index is 13.2. The molecule has 0 spiro atoms. The fraction of sp³-hybridized carbons (Fsp3) is 0.650. The van der Waals surface area contributed by atoms with Crippen LogP contribution in [0.1, 0.15) is 42.7 Å². The summed E-state index contributed by atoms with van der Waals surface area (Å²) < 4.78 is 83.9. The molecular formula is C20H24F6N2O2. The van der Waals surface area contributed by atoms with Gasteiger partial charge in [0.25, 0.3) is 5.91 Å². The molecule has 0 radical (unpaired) electrons. The van der Waals surface area contributed by atoms with E-state index < -0.39 is 42.9 Å². The van der Waals surface area contributed by atoms with Crippen molar-refractivity contribution in [2.24, 2.45) is 5.92 Å². The Morgan fingerprint density at radius 2 is 1.80 bits per heavy atom. The van der Waals surface area contributed by atoms with Crippen LogP contribution in [0.4, 0.5) is 26.3 Å². The number of amides is 1. The van der Waals surface area contributed by atoms with Gasteiger partial charge in [-0.15, -0.1) is 0 Å². The minimum Gasteiger partial charge on any atom is -0.483 e. The maximum absolute atomic E-state index is 13.2. The Balaban J connectivity index is 1.71. The number of hydrogen-bond acceptors (Lipinski definition) is 3. The van der Waals surface area contributed by atoms with Crippen LogP contribution in [0, 0.1) is 5.92 Å². The largest absolute Gasteiger partial charge is 0.483 e. The molecule has 2 heterocycles. The van der Waals surface area contributed by atoms with Gasteiger partial charge in [0.15, 0.2) is 6.61 Å². The first kappa shape index (κ1) is 22.7. The van der Waals surface area contributed by atoms with Gasteiger partial charge in [-0.05, 0) is 68.5 Å². The first-order chi connectivity index (χ1) is 14.1. The highest BCUT2D eigenvalue weighted by Crippen LogP contribution is 2.38. The van der Waals surface area contributed by atoms with Crippen LogP contribution in [0.3, 0.4) is 0 Å². The third-order valence-corrected chi connectivity index (χ3v) is 5.70. The number of nitrogens with zero attached hydrogens (tertiary/aromatic N) is 1. The van der Waals surface area contributed by atoms with Crippen molar-refractivity contribution in [1.82, 2.24) is 10.2 Å². The van der Waals surface area contributed by atoms with Gasteiger partial charge in [-0.2, -0.15) is 26.3 Å². The second-order valence-electron chi connectivity index (χ2n) is 7.78. The van der Waals surface area contributed by atoms with E-state index in [1.165, 1.54) is 6.07 Å². The van der Waals surface area contributed by atoms with Crippen LogP contribution in [0.15, 0.2) is 18.2 Å². The molecule has 0 aliphatic carbocycles. The normalized spacial score (nSPS) is 21.5. The molecule has 0 bridgehead atoms. The summed E-state index contributed by atoms with van der Waals surface area (Å²) in [6.45, 7) is 0.606. The molecule has 10 heteroatoms. The van der Waals surface area contributed by atoms with Crippen LogP contribution in [-0.4, -0.2) is 49.8 Å². The van der Waals surface area contributed by atoms with Crippen LogP contribution < -0.4 is 10.1 Å². The number of ether oxygens (including phenoxy) is 1. The van der Waals surface area contributed by atoms with E-state index in [1.54, 1.807) is 0 Å². The standard InChI is InChI=1S/C20H24F6N2O2/c21-19(22,23)14-3-4-17(16(10-14)13-5-7-27-8-6-13)30-12-18(29)28-9-1-2-15(11-28)20(24,25)26/h3-4,10,13,15,27H,1-2,5-9,11-12H2. The van der Waals surface area contributed by atoms with E-state index >= 15 is 0 Å². The van der Waals surface area contributed by atoms with E-state index in [1.807, 2.05) is 0 Å². The molecule has 0 saturated carbocycles. The molecule has 2 aliphatic heterocycles. The van der Waals surface area contributed by atoms with Gasteiger partial charge in [0.2, 0.25) is 0 Å². The van der Waals surface area contributed by atoms with E-state index in [-0.39, 0.29) is 31.1 Å². The van der Waals surface area contributed by atoms with E-state index in [0.29, 0.717) is 31.5 Å². The number of benzene rings is 1. The highest BCUT2D eigenvalue weighted by atomic mass is 19.4. The summed E-state index contributed by atoms with van der Waals surface area (Å²) in [4.78, 5) is 13.5. The SMILES string of the molecule is O=C(COc1ccc(C(F)(F)F)cc1C1CCNCC1)N1CCCC(C(F)(F)F)C1. The summed E-state index contributed by atoms with van der Waals surface area (Å²) >= 11 is 0. The first-order valence-corrected chi connectivity index (χ1v) is 9.95. The van der Waals surface area contributed by atoms with Crippen molar-refractivity contribution >= 4 is 5.91 Å². The minimum atomic E-state index is -4.50. The van der Waals surface area contributed by atoms with Crippen LogP contribution in [0.2, 0.25) is 0 Å². The lowest BCUT2D eigenvalue weighted by Gasteiger charge is -2.33. The number of nitrogens with one attached hydrogen (secondary N) is 1. The lowest BCUT2D eigenvalue weighted by molar-refractivity contribution is -0.188. The maximum Gasteiger partial charge on any atom is 0.416 e. The predicted molar refractivity (Wildman–Crippen MR) is 97.1 cm³/mol. The van der Waals surface area contributed by atoms with Crippen molar-refractivity contribution in [1.29, 1.82) is 0 Å². The number of carbonyl (C=O) groups is 1. The van der Waals surface area contributed by atoms with Crippen LogP contribution in [0.5, 0.6) is 5.75 Å². The molecular weight excluding hydrogens is 414 g/mol. The first-order valence-electron chi connectivity index (χ1n) is 9.95. The van der Waals surface area contributed by atoms with Crippen LogP contribution in [0.25, 0.3) is 0 Å². The molecule has 4 nitrogen and oxygen atoms in total. The zero-order valence-corrected chi connectivity index (χ0v) is 16.3. The van der Waals surface area contributed by atoms with Crippen LogP contribution in [-0.2, 0) is 11.0 Å². The average Bonchev–Trinajstić information content (AvgIpc) is 2.71. The lowest BCUT2D eigenvalue weighted by Crippen LogP contribution is -2.46. The topological polar surface area (TPSA) is 41.6 Å². The Hall–Kier alpha value is -1.97. The van der Waals surface area contributed by atoms with Gasteiger partial charge in [0.1, 0.15) is 5.75 Å². The molecule has 30 heavy (non-hydrogen) atoms. The summed E-state index contributed by atoms with van der Waals surface area (Å²) in [5, 5.41) is 3.14. The highest BCUT2D eigenvalue weighted by Gasteiger charge is 2.42. The molecule has 2 saturated heterocycles. The molecule has 168 valence electrons. The summed E-state index contributed by atoms with van der Waals surface area (Å²) in [6.07, 6.45) is -7.38. The highest BCUT2D eigenvalue weighted by molar-refractivity contribution is 5.78. The summed E-state index contributed by atoms with van der Waals surface area (Å²) in [6, 6.07) is 3.14. The number of halogens is 6. The Kier molecular flexibility index (Phi) is 6.84. The van der Waals surface area contributed by atoms with Gasteiger partial charge < -0.3 is 15.0 Å². The Morgan fingerprint density at radius 3 is 2.43 bits per heavy atom. The van der Waals surface area contributed by atoms with Gasteiger partial charge in [-0.3, -0.25) is 4.79 Å². The third-order valence-electron chi connectivity index (χ3n) is 5.70. The van der Waals surface area contributed by atoms with Gasteiger partial charge >= 0.3 is 12.4 Å². The molecule has 1 atom stereocenters. The third kappa shape index (κ3) is 5.59. The van der Waals surface area contributed by atoms with Crippen molar-refractivity contribution in [3.05, 3.63) is 29.3 Å². The number of rotatable bonds is 4. The fourth-order valence-electron chi connectivity index (χ4n) is 4.01. The quantitative estimate of drug-likeness (QED) is 0.711. The molecule has 2 aliphatic rings. The monoisotopic (exact) mass is 438 g/mol. The second-order valence-corrected chi connectivity index (χ2v) is 7.78. The van der Waals surface area contributed by atoms with Crippen molar-refractivity contribution < 1.29 is 35.9 Å². The minimum absolute atomic E-state index is 0.0209. The molecule has 2 fully saturated rings. The molecule has 1 unspecified atom stereocenters. The molecule has 1 amide bonds. The number of carbonyl (C=O) groups excluding carboxylic acids is 1. The summed E-state index contributed by atoms with van der Waals surface area (Å²) in [5.41, 5.74) is -0.412. The van der Waals surface area contributed by atoms with Gasteiger partial charge in [0, 0.05) is 13.1 Å². The Labute approximate surface area is 170 Å². The van der Waals surface area contributed by atoms with E-state index in [2.05, 4.69) is 5.32 Å². The number of hydrogen-bond donors (Lipinski definition) is 1. The molecule has 3 rings (SSSR count). The second kappa shape index (κ2) is 9.03. The van der Waals surface area contributed by atoms with Crippen molar-refractivity contribution in [3.8, 4) is 5.75 Å². The van der Waals surface area contributed by atoms with E-state index in [0.717, 1.165) is 17.0 Å². The van der Waals surface area contributed by atoms with Crippen LogP contribution >= 0.6 is 0 Å². The molecule has 1 aromatic rings. The van der Waals surface area contributed by atoms with Gasteiger partial charge in [0.05, 0.1) is 11.5 Å². The molecule has 1 aromatic carbocycles. The smallest absolute Gasteiger partial charge is 0.416 e. The van der Waals surface area contributed by atoms with E-state index in [4.69, 9.17) is 4.74 Å². The Bertz CT molecular complexity index is 744. The number of alkyl halides is 6. The number of piperidine rings is 2. The summed E-state index contributed by atoms with van der Waals surface area (Å²) in [5.74, 6) is -2.14. The molecule has 0 aromatic heterocycles. The average molecular weight is 438 g/mol. The van der Waals surface area contributed by atoms with Crippen molar-refractivity contribution in [2.75, 3.05) is 32.8 Å². The van der Waals surface area contributed by atoms with Gasteiger partial charge in [-0.25, -0.2) is 0 Å². The predicted octanol–water partition coefficient (Wildman–Crippen LogP) is 4.35. The zero-order chi connectivity index (χ0) is 21.9. The number of likely N-dealkylation sites (tertiary alicyclic amines) is 1. The van der Waals surface area contributed by atoms with Crippen molar-refractivity contribution in [2.45, 2.75) is 44.0 Å². The molecule has 1 N–H and O–H groups in total. The van der Waals surface area contributed by atoms with Gasteiger partial charge in [-0.1, -0.05) is 0 Å².